The third-order valence-corrected chi connectivity index (χ3v) is 3.01. The van der Waals surface area contributed by atoms with Crippen molar-refractivity contribution in [1.82, 2.24) is 24.9 Å². The third-order valence-electron chi connectivity index (χ3n) is 3.01. The summed E-state index contributed by atoms with van der Waals surface area (Å²) in [7, 11) is 1.81. The molecule has 1 amide bonds. The van der Waals surface area contributed by atoms with Gasteiger partial charge in [0.25, 0.3) is 0 Å². The second kappa shape index (κ2) is 5.73. The molecule has 0 aliphatic rings. The highest BCUT2D eigenvalue weighted by atomic mass is 16.6. The minimum atomic E-state index is -0.518. The van der Waals surface area contributed by atoms with E-state index in [1.807, 2.05) is 20.2 Å². The van der Waals surface area contributed by atoms with E-state index in [4.69, 9.17) is 0 Å². The molecule has 0 atom stereocenters. The second-order valence-electron chi connectivity index (χ2n) is 4.74. The molecule has 0 radical (unpaired) electrons. The number of carbonyl (C=O) groups excluding carboxylic acids is 1. The van der Waals surface area contributed by atoms with Crippen molar-refractivity contribution in [3.05, 3.63) is 39.5 Å². The third kappa shape index (κ3) is 3.44. The van der Waals surface area contributed by atoms with Gasteiger partial charge in [0.1, 0.15) is 18.4 Å². The van der Waals surface area contributed by atoms with Crippen molar-refractivity contribution in [2.24, 2.45) is 7.05 Å². The van der Waals surface area contributed by atoms with Crippen LogP contribution in [0.4, 0.5) is 5.69 Å². The zero-order chi connectivity index (χ0) is 15.6. The highest BCUT2D eigenvalue weighted by Gasteiger charge is 2.16. The first kappa shape index (κ1) is 14.7. The fraction of sp³-hybridized carbons (Fsp3) is 0.417. The summed E-state index contributed by atoms with van der Waals surface area (Å²) in [6.45, 7) is 3.70. The van der Waals surface area contributed by atoms with Crippen LogP contribution in [-0.2, 0) is 24.9 Å². The lowest BCUT2D eigenvalue weighted by atomic mass is 10.2. The first-order chi connectivity index (χ1) is 9.86. The number of aromatic nitrogens is 4. The number of rotatable bonds is 5. The molecule has 2 aromatic heterocycles. The fourth-order valence-electron chi connectivity index (χ4n) is 1.99. The Hall–Kier alpha value is -2.71. The summed E-state index contributed by atoms with van der Waals surface area (Å²) in [4.78, 5) is 22.0. The van der Waals surface area contributed by atoms with Crippen molar-refractivity contribution in [2.45, 2.75) is 26.9 Å². The maximum atomic E-state index is 11.8. The van der Waals surface area contributed by atoms with Crippen LogP contribution in [0.5, 0.6) is 0 Å². The number of amides is 1. The van der Waals surface area contributed by atoms with Gasteiger partial charge < -0.3 is 5.32 Å². The molecule has 0 unspecified atom stereocenters. The van der Waals surface area contributed by atoms with Crippen LogP contribution in [0.15, 0.2) is 12.4 Å². The molecule has 2 rings (SSSR count). The summed E-state index contributed by atoms with van der Waals surface area (Å²) < 4.78 is 2.94. The van der Waals surface area contributed by atoms with Gasteiger partial charge in [-0.05, 0) is 13.8 Å². The Balaban J connectivity index is 1.94. The maximum Gasteiger partial charge on any atom is 0.309 e. The number of hydrogen-bond acceptors (Lipinski definition) is 5. The van der Waals surface area contributed by atoms with Crippen LogP contribution >= 0.6 is 0 Å². The van der Waals surface area contributed by atoms with E-state index in [1.165, 1.54) is 17.8 Å². The SMILES string of the molecule is Cc1nn(C)cc1CNC(=O)Cn1cc([N+](=O)[O-])c(C)n1. The van der Waals surface area contributed by atoms with Gasteiger partial charge in [-0.2, -0.15) is 10.2 Å². The van der Waals surface area contributed by atoms with Crippen LogP contribution in [0.1, 0.15) is 17.0 Å². The van der Waals surface area contributed by atoms with Gasteiger partial charge in [-0.15, -0.1) is 0 Å². The average molecular weight is 292 g/mol. The fourth-order valence-corrected chi connectivity index (χ4v) is 1.99. The molecule has 0 aliphatic carbocycles. The van der Waals surface area contributed by atoms with E-state index in [0.717, 1.165) is 11.3 Å². The summed E-state index contributed by atoms with van der Waals surface area (Å²) in [5.41, 5.74) is 1.97. The predicted octanol–water partition coefficient (Wildman–Crippen LogP) is 0.458. The molecule has 21 heavy (non-hydrogen) atoms. The number of nitro groups is 1. The lowest BCUT2D eigenvalue weighted by molar-refractivity contribution is -0.385. The molecule has 9 nitrogen and oxygen atoms in total. The van der Waals surface area contributed by atoms with E-state index < -0.39 is 4.92 Å². The molecule has 0 saturated heterocycles. The quantitative estimate of drug-likeness (QED) is 0.636. The van der Waals surface area contributed by atoms with Crippen molar-refractivity contribution in [2.75, 3.05) is 0 Å². The lowest BCUT2D eigenvalue weighted by Crippen LogP contribution is -2.27. The molecule has 0 spiro atoms. The lowest BCUT2D eigenvalue weighted by Gasteiger charge is -2.04. The Morgan fingerprint density at radius 2 is 2.05 bits per heavy atom. The Morgan fingerprint density at radius 3 is 2.57 bits per heavy atom. The van der Waals surface area contributed by atoms with Crippen LogP contribution in [0.25, 0.3) is 0 Å². The van der Waals surface area contributed by atoms with E-state index in [2.05, 4.69) is 15.5 Å². The van der Waals surface area contributed by atoms with Gasteiger partial charge in [0, 0.05) is 25.4 Å². The van der Waals surface area contributed by atoms with Crippen molar-refractivity contribution >= 4 is 11.6 Å². The largest absolute Gasteiger partial charge is 0.350 e. The summed E-state index contributed by atoms with van der Waals surface area (Å²) >= 11 is 0. The van der Waals surface area contributed by atoms with E-state index in [-0.39, 0.29) is 23.8 Å². The van der Waals surface area contributed by atoms with Gasteiger partial charge in [-0.1, -0.05) is 0 Å². The minimum Gasteiger partial charge on any atom is -0.350 e. The molecule has 2 aromatic rings. The molecule has 0 bridgehead atoms. The van der Waals surface area contributed by atoms with Crippen LogP contribution in [0.2, 0.25) is 0 Å². The first-order valence-corrected chi connectivity index (χ1v) is 6.31. The maximum absolute atomic E-state index is 11.8. The van der Waals surface area contributed by atoms with Crippen LogP contribution in [-0.4, -0.2) is 30.4 Å². The highest BCUT2D eigenvalue weighted by Crippen LogP contribution is 2.14. The van der Waals surface area contributed by atoms with Crippen LogP contribution in [0, 0.1) is 24.0 Å². The summed E-state index contributed by atoms with van der Waals surface area (Å²) in [5.74, 6) is -0.268. The van der Waals surface area contributed by atoms with Crippen LogP contribution in [0.3, 0.4) is 0 Å². The zero-order valence-corrected chi connectivity index (χ0v) is 12.0. The molecule has 9 heteroatoms. The molecule has 0 saturated carbocycles. The molecule has 0 aliphatic heterocycles. The summed E-state index contributed by atoms with van der Waals surface area (Å²) in [5, 5.41) is 21.6. The van der Waals surface area contributed by atoms with Gasteiger partial charge in [0.05, 0.1) is 10.6 Å². The molecule has 112 valence electrons. The molecule has 2 heterocycles. The molecule has 0 aromatic carbocycles. The molecular formula is C12H16N6O3. The van der Waals surface area contributed by atoms with Crippen molar-refractivity contribution in [3.8, 4) is 0 Å². The second-order valence-corrected chi connectivity index (χ2v) is 4.74. The summed E-state index contributed by atoms with van der Waals surface area (Å²) in [6.07, 6.45) is 3.09. The highest BCUT2D eigenvalue weighted by molar-refractivity contribution is 5.75. The van der Waals surface area contributed by atoms with Gasteiger partial charge in [-0.25, -0.2) is 0 Å². The number of nitrogens with one attached hydrogen (secondary N) is 1. The van der Waals surface area contributed by atoms with Gasteiger partial charge in [-0.3, -0.25) is 24.3 Å². The van der Waals surface area contributed by atoms with Gasteiger partial charge >= 0.3 is 5.69 Å². The average Bonchev–Trinajstić information content (AvgIpc) is 2.89. The number of aryl methyl sites for hydroxylation is 3. The van der Waals surface area contributed by atoms with E-state index >= 15 is 0 Å². The zero-order valence-electron chi connectivity index (χ0n) is 12.0. The summed E-state index contributed by atoms with van der Waals surface area (Å²) in [6, 6.07) is 0. The molecule has 1 N–H and O–H groups in total. The van der Waals surface area contributed by atoms with Crippen LogP contribution < -0.4 is 5.32 Å². The Morgan fingerprint density at radius 1 is 1.33 bits per heavy atom. The van der Waals surface area contributed by atoms with Gasteiger partial charge in [0.2, 0.25) is 5.91 Å². The minimum absolute atomic E-state index is 0.0615. The topological polar surface area (TPSA) is 108 Å². The normalized spacial score (nSPS) is 10.6. The van der Waals surface area contributed by atoms with E-state index in [0.29, 0.717) is 6.54 Å². The number of carbonyl (C=O) groups is 1. The number of hydrogen-bond donors (Lipinski definition) is 1. The van der Waals surface area contributed by atoms with Crippen molar-refractivity contribution in [1.29, 1.82) is 0 Å². The molecular weight excluding hydrogens is 276 g/mol. The van der Waals surface area contributed by atoms with Gasteiger partial charge in [0.15, 0.2) is 0 Å². The van der Waals surface area contributed by atoms with E-state index in [1.54, 1.807) is 4.68 Å². The standard InChI is InChI=1S/C12H16N6O3/c1-8-10(5-16(3)14-8)4-13-12(19)7-17-6-11(18(20)21)9(2)15-17/h5-6H,4,7H2,1-3H3,(H,13,19). The van der Waals surface area contributed by atoms with Crippen molar-refractivity contribution < 1.29 is 9.72 Å². The van der Waals surface area contributed by atoms with E-state index in [9.17, 15) is 14.9 Å². The monoisotopic (exact) mass is 292 g/mol. The molecule has 0 fully saturated rings. The Kier molecular flexibility index (Phi) is 4.01. The Labute approximate surface area is 120 Å². The van der Waals surface area contributed by atoms with Crippen molar-refractivity contribution in [3.63, 3.8) is 0 Å². The predicted molar refractivity (Wildman–Crippen MR) is 73.4 cm³/mol. The smallest absolute Gasteiger partial charge is 0.309 e. The Bertz CT molecular complexity index is 687. The first-order valence-electron chi connectivity index (χ1n) is 6.31. The number of nitrogens with zero attached hydrogens (tertiary/aromatic N) is 5.